The average molecular weight is 469 g/mol. The van der Waals surface area contributed by atoms with Crippen molar-refractivity contribution in [1.29, 1.82) is 0 Å². The van der Waals surface area contributed by atoms with Gasteiger partial charge < -0.3 is 13.9 Å². The normalized spacial score (nSPS) is 10.8. The molecule has 0 saturated heterocycles. The van der Waals surface area contributed by atoms with E-state index in [4.69, 9.17) is 13.9 Å². The Morgan fingerprint density at radius 2 is 1.63 bits per heavy atom. The molecule has 0 aliphatic carbocycles. The summed E-state index contributed by atoms with van der Waals surface area (Å²) in [6, 6.07) is 27.8. The van der Waals surface area contributed by atoms with E-state index in [0.29, 0.717) is 29.4 Å². The molecule has 7 nitrogen and oxygen atoms in total. The van der Waals surface area contributed by atoms with Gasteiger partial charge in [-0.1, -0.05) is 60.7 Å². The van der Waals surface area contributed by atoms with Crippen molar-refractivity contribution in [3.05, 3.63) is 102 Å². The molecule has 0 fully saturated rings. The number of hydrogen-bond acceptors (Lipinski definition) is 6. The van der Waals surface area contributed by atoms with Crippen LogP contribution in [0.4, 0.5) is 0 Å². The molecule has 0 radical (unpaired) electrons. The van der Waals surface area contributed by atoms with Crippen molar-refractivity contribution < 1.29 is 23.5 Å². The summed E-state index contributed by atoms with van der Waals surface area (Å²) in [5, 5.41) is 3.94. The van der Waals surface area contributed by atoms with Crippen LogP contribution in [0.15, 0.2) is 101 Å². The highest BCUT2D eigenvalue weighted by Gasteiger charge is 2.10. The highest BCUT2D eigenvalue weighted by Crippen LogP contribution is 2.29. The first-order chi connectivity index (χ1) is 17.1. The maximum absolute atomic E-state index is 12.2. The molecule has 1 aromatic heterocycles. The summed E-state index contributed by atoms with van der Waals surface area (Å²) in [5.41, 5.74) is 5.62. The first kappa shape index (κ1) is 23.5. The Bertz CT molecular complexity index is 1310. The minimum atomic E-state index is -0.398. The lowest BCUT2D eigenvalue weighted by molar-refractivity contribution is -0.123. The molecule has 7 heteroatoms. The van der Waals surface area contributed by atoms with Gasteiger partial charge in [0, 0.05) is 11.1 Å². The maximum Gasteiger partial charge on any atom is 0.338 e. The maximum atomic E-state index is 12.2. The van der Waals surface area contributed by atoms with Crippen LogP contribution in [0.1, 0.15) is 23.0 Å². The number of carbonyl (C=O) groups excluding carboxylic acids is 2. The molecule has 4 aromatic rings. The first-order valence-electron chi connectivity index (χ1n) is 11.1. The summed E-state index contributed by atoms with van der Waals surface area (Å²) in [5.74, 6) is 0.918. The Hall–Kier alpha value is -4.65. The predicted molar refractivity (Wildman–Crippen MR) is 133 cm³/mol. The predicted octanol–water partition coefficient (Wildman–Crippen LogP) is 5.32. The highest BCUT2D eigenvalue weighted by atomic mass is 16.5. The third-order valence-corrected chi connectivity index (χ3v) is 5.02. The number of hydrazone groups is 1. The minimum Gasteiger partial charge on any atom is -0.483 e. The summed E-state index contributed by atoms with van der Waals surface area (Å²) < 4.78 is 16.4. The van der Waals surface area contributed by atoms with Gasteiger partial charge in [0.05, 0.1) is 18.4 Å². The van der Waals surface area contributed by atoms with Crippen molar-refractivity contribution in [2.75, 3.05) is 13.2 Å². The molecular formula is C28H24N2O5. The van der Waals surface area contributed by atoms with Crippen molar-refractivity contribution >= 4 is 18.1 Å². The standard InChI is InChI=1S/C28H24N2O5/c1-2-33-28(32)22-14-12-21(13-15-22)25-17-16-23(35-25)18-29-30-27(31)19-34-26-11-7-6-10-24(26)20-8-4-3-5-9-20/h3-18H,2,19H2,1H3,(H,30,31). The lowest BCUT2D eigenvalue weighted by Crippen LogP contribution is -2.24. The summed E-state index contributed by atoms with van der Waals surface area (Å²) in [6.45, 7) is 1.90. The van der Waals surface area contributed by atoms with Gasteiger partial charge in [-0.25, -0.2) is 10.2 Å². The Labute approximate surface area is 203 Å². The number of benzene rings is 3. The number of para-hydroxylation sites is 1. The number of hydrogen-bond donors (Lipinski definition) is 1. The van der Waals surface area contributed by atoms with Crippen LogP contribution in [0.3, 0.4) is 0 Å². The Morgan fingerprint density at radius 1 is 0.886 bits per heavy atom. The van der Waals surface area contributed by atoms with E-state index in [2.05, 4.69) is 10.5 Å². The fourth-order valence-electron chi connectivity index (χ4n) is 3.35. The largest absolute Gasteiger partial charge is 0.483 e. The van der Waals surface area contributed by atoms with Crippen LogP contribution in [0.2, 0.25) is 0 Å². The second-order valence-corrected chi connectivity index (χ2v) is 7.44. The molecular weight excluding hydrogens is 444 g/mol. The van der Waals surface area contributed by atoms with Gasteiger partial charge in [0.25, 0.3) is 5.91 Å². The molecule has 0 bridgehead atoms. The van der Waals surface area contributed by atoms with E-state index in [1.165, 1.54) is 6.21 Å². The Kier molecular flexibility index (Phi) is 7.70. The number of esters is 1. The fraction of sp³-hybridized carbons (Fsp3) is 0.107. The number of amides is 1. The Morgan fingerprint density at radius 3 is 2.40 bits per heavy atom. The average Bonchev–Trinajstić information content (AvgIpc) is 3.37. The molecule has 0 atom stereocenters. The molecule has 0 aliphatic heterocycles. The number of nitrogens with zero attached hydrogens (tertiary/aromatic N) is 1. The number of rotatable bonds is 9. The van der Waals surface area contributed by atoms with Gasteiger partial charge in [0.15, 0.2) is 6.61 Å². The van der Waals surface area contributed by atoms with Gasteiger partial charge in [-0.05, 0) is 42.8 Å². The second kappa shape index (κ2) is 11.5. The van der Waals surface area contributed by atoms with Gasteiger partial charge in [-0.3, -0.25) is 4.79 Å². The van der Waals surface area contributed by atoms with E-state index in [0.717, 1.165) is 16.7 Å². The lowest BCUT2D eigenvalue weighted by atomic mass is 10.1. The van der Waals surface area contributed by atoms with Crippen LogP contribution in [-0.4, -0.2) is 31.3 Å². The van der Waals surface area contributed by atoms with Crippen molar-refractivity contribution in [2.24, 2.45) is 5.10 Å². The lowest BCUT2D eigenvalue weighted by Gasteiger charge is -2.10. The molecule has 0 unspecified atom stereocenters. The number of furan rings is 1. The van der Waals surface area contributed by atoms with Crippen LogP contribution < -0.4 is 10.2 Å². The van der Waals surface area contributed by atoms with E-state index in [9.17, 15) is 9.59 Å². The molecule has 4 rings (SSSR count). The van der Waals surface area contributed by atoms with Gasteiger partial charge in [-0.15, -0.1) is 0 Å². The molecule has 35 heavy (non-hydrogen) atoms. The summed E-state index contributed by atoms with van der Waals surface area (Å²) in [6.07, 6.45) is 1.41. The number of carbonyl (C=O) groups is 2. The summed E-state index contributed by atoms with van der Waals surface area (Å²) >= 11 is 0. The van der Waals surface area contributed by atoms with E-state index < -0.39 is 5.91 Å². The molecule has 176 valence electrons. The summed E-state index contributed by atoms with van der Waals surface area (Å²) in [4.78, 5) is 24.0. The Balaban J connectivity index is 1.31. The van der Waals surface area contributed by atoms with Crippen molar-refractivity contribution in [2.45, 2.75) is 6.92 Å². The quantitative estimate of drug-likeness (QED) is 0.204. The van der Waals surface area contributed by atoms with Gasteiger partial charge in [0.1, 0.15) is 17.3 Å². The monoisotopic (exact) mass is 468 g/mol. The van der Waals surface area contributed by atoms with Crippen LogP contribution >= 0.6 is 0 Å². The molecule has 1 amide bonds. The highest BCUT2D eigenvalue weighted by molar-refractivity contribution is 5.90. The smallest absolute Gasteiger partial charge is 0.338 e. The van der Waals surface area contributed by atoms with Gasteiger partial charge in [-0.2, -0.15) is 5.10 Å². The second-order valence-electron chi connectivity index (χ2n) is 7.44. The van der Waals surface area contributed by atoms with Gasteiger partial charge in [0.2, 0.25) is 0 Å². The molecule has 1 N–H and O–H groups in total. The fourth-order valence-corrected chi connectivity index (χ4v) is 3.35. The van der Waals surface area contributed by atoms with E-state index in [1.54, 1.807) is 43.3 Å². The van der Waals surface area contributed by atoms with Crippen molar-refractivity contribution in [3.8, 4) is 28.2 Å². The first-order valence-corrected chi connectivity index (χ1v) is 11.1. The topological polar surface area (TPSA) is 90.1 Å². The van der Waals surface area contributed by atoms with Crippen LogP contribution in [0.25, 0.3) is 22.5 Å². The zero-order valence-corrected chi connectivity index (χ0v) is 19.1. The molecule has 3 aromatic carbocycles. The van der Waals surface area contributed by atoms with E-state index in [-0.39, 0.29) is 12.6 Å². The molecule has 1 heterocycles. The van der Waals surface area contributed by atoms with E-state index in [1.807, 2.05) is 54.6 Å². The number of nitrogens with one attached hydrogen (secondary N) is 1. The van der Waals surface area contributed by atoms with E-state index >= 15 is 0 Å². The third kappa shape index (κ3) is 6.23. The van der Waals surface area contributed by atoms with Crippen molar-refractivity contribution in [3.63, 3.8) is 0 Å². The zero-order valence-electron chi connectivity index (χ0n) is 19.1. The van der Waals surface area contributed by atoms with Gasteiger partial charge >= 0.3 is 5.97 Å². The van der Waals surface area contributed by atoms with Crippen LogP contribution in [0, 0.1) is 0 Å². The van der Waals surface area contributed by atoms with Crippen LogP contribution in [-0.2, 0) is 9.53 Å². The van der Waals surface area contributed by atoms with Crippen molar-refractivity contribution in [1.82, 2.24) is 5.43 Å². The molecule has 0 saturated carbocycles. The zero-order chi connectivity index (χ0) is 24.5. The molecule has 0 spiro atoms. The third-order valence-electron chi connectivity index (χ3n) is 5.02. The SMILES string of the molecule is CCOC(=O)c1ccc(-c2ccc(C=NNC(=O)COc3ccccc3-c3ccccc3)o2)cc1. The molecule has 0 aliphatic rings. The minimum absolute atomic E-state index is 0.183. The number of ether oxygens (including phenoxy) is 2. The van der Waals surface area contributed by atoms with Crippen LogP contribution in [0.5, 0.6) is 5.75 Å². The summed E-state index contributed by atoms with van der Waals surface area (Å²) in [7, 11) is 0.